The van der Waals surface area contributed by atoms with Crippen LogP contribution in [0.4, 0.5) is 34.1 Å². The van der Waals surface area contributed by atoms with Crippen LogP contribution in [0.15, 0.2) is 229 Å². The summed E-state index contributed by atoms with van der Waals surface area (Å²) in [7, 11) is -2.30. The summed E-state index contributed by atoms with van der Waals surface area (Å²) in [4.78, 5) is 9.84. The molecule has 11 aromatic rings. The van der Waals surface area contributed by atoms with Gasteiger partial charge < -0.3 is 14.2 Å². The van der Waals surface area contributed by atoms with Crippen LogP contribution in [-0.4, -0.2) is 13.1 Å². The number of aromatic nitrogens is 1. The lowest BCUT2D eigenvalue weighted by molar-refractivity contribution is 0.669. The summed E-state index contributed by atoms with van der Waals surface area (Å²) in [5.41, 5.74) is 15.2. The van der Waals surface area contributed by atoms with E-state index in [0.717, 1.165) is 78.4 Å². The first-order valence-electron chi connectivity index (χ1n) is 22.0. The summed E-state index contributed by atoms with van der Waals surface area (Å²) in [6, 6.07) is 78.4. The Hall–Kier alpha value is -7.99. The SMILES string of the molecule is C[Si]1(C)c2cc(N(c3ccccc3-c3ccccc3)c3cccc4c3oc3ccccc34)ccc2-c2ccc(-c3ccc(N(c4ccccc4)c4ccccc4)cn3)c3cccc1c23. The Bertz CT molecular complexity index is 3490. The summed E-state index contributed by atoms with van der Waals surface area (Å²) >= 11 is 0. The highest BCUT2D eigenvalue weighted by Gasteiger charge is 2.37. The smallest absolute Gasteiger partial charge is 0.159 e. The topological polar surface area (TPSA) is 32.5 Å². The monoisotopic (exact) mass is 837 g/mol. The van der Waals surface area contributed by atoms with Crippen molar-refractivity contribution in [3.05, 3.63) is 225 Å². The number of anilines is 6. The maximum Gasteiger partial charge on any atom is 0.159 e. The summed E-state index contributed by atoms with van der Waals surface area (Å²) in [5.74, 6) is 0. The van der Waals surface area contributed by atoms with E-state index < -0.39 is 8.07 Å². The third-order valence-electron chi connectivity index (χ3n) is 13.1. The molecule has 0 saturated heterocycles. The van der Waals surface area contributed by atoms with E-state index >= 15 is 0 Å². The molecule has 0 amide bonds. The molecule has 1 aliphatic rings. The number of nitrogens with zero attached hydrogens (tertiary/aromatic N) is 3. The molecule has 4 nitrogen and oxygen atoms in total. The van der Waals surface area contributed by atoms with Crippen LogP contribution in [0.3, 0.4) is 0 Å². The van der Waals surface area contributed by atoms with Crippen molar-refractivity contribution in [1.82, 2.24) is 4.98 Å². The van der Waals surface area contributed by atoms with Gasteiger partial charge in [0.05, 0.1) is 29.0 Å². The summed E-state index contributed by atoms with van der Waals surface area (Å²) in [5, 5.41) is 7.67. The average Bonchev–Trinajstić information content (AvgIpc) is 3.74. The van der Waals surface area contributed by atoms with Gasteiger partial charge >= 0.3 is 0 Å². The second kappa shape index (κ2) is 15.1. The molecule has 0 radical (unpaired) electrons. The molecule has 12 rings (SSSR count). The van der Waals surface area contributed by atoms with Crippen molar-refractivity contribution in [1.29, 1.82) is 0 Å². The predicted octanol–water partition coefficient (Wildman–Crippen LogP) is 15.2. The van der Waals surface area contributed by atoms with Crippen LogP contribution in [0.25, 0.3) is 66.2 Å². The Morgan fingerprint density at radius 3 is 1.78 bits per heavy atom. The molecule has 0 fully saturated rings. The molecule has 0 spiro atoms. The van der Waals surface area contributed by atoms with Gasteiger partial charge in [-0.3, -0.25) is 4.98 Å². The lowest BCUT2D eigenvalue weighted by atomic mass is 9.92. The fourth-order valence-corrected chi connectivity index (χ4v) is 13.2. The van der Waals surface area contributed by atoms with Crippen molar-refractivity contribution in [2.24, 2.45) is 0 Å². The van der Waals surface area contributed by atoms with E-state index in [-0.39, 0.29) is 0 Å². The predicted molar refractivity (Wildman–Crippen MR) is 271 cm³/mol. The maximum atomic E-state index is 6.76. The van der Waals surface area contributed by atoms with Crippen LogP contribution >= 0.6 is 0 Å². The van der Waals surface area contributed by atoms with E-state index in [1.165, 1.54) is 32.3 Å². The highest BCUT2D eigenvalue weighted by molar-refractivity contribution is 7.03. The van der Waals surface area contributed by atoms with Crippen LogP contribution in [0.5, 0.6) is 0 Å². The van der Waals surface area contributed by atoms with Crippen LogP contribution < -0.4 is 20.2 Å². The number of fused-ring (bicyclic) bond motifs is 5. The number of para-hydroxylation sites is 5. The maximum absolute atomic E-state index is 6.76. The fourth-order valence-electron chi connectivity index (χ4n) is 10.1. The van der Waals surface area contributed by atoms with Crippen molar-refractivity contribution in [2.75, 3.05) is 9.80 Å². The Labute approximate surface area is 374 Å². The van der Waals surface area contributed by atoms with Gasteiger partial charge in [0.1, 0.15) is 13.7 Å². The molecule has 1 aliphatic heterocycles. The minimum absolute atomic E-state index is 0.873. The van der Waals surface area contributed by atoms with Crippen LogP contribution in [0.1, 0.15) is 0 Å². The van der Waals surface area contributed by atoms with E-state index in [4.69, 9.17) is 9.40 Å². The third-order valence-corrected chi connectivity index (χ3v) is 16.6. The third kappa shape index (κ3) is 6.08. The Morgan fingerprint density at radius 2 is 1.02 bits per heavy atom. The molecule has 5 heteroatoms. The standard InChI is InChI=1S/C59H43N3OSi/c1-64(2)56-31-17-26-49-46(52-37-33-44(39-60-52)61(41-20-8-4-9-21-41)42-22-10-5-11-23-42)35-36-50(58(49)56)48-34-32-43(38-57(48)64)62(53-28-14-12-24-45(53)40-18-6-3-7-19-40)54-29-16-27-51-47-25-13-15-30-55(47)63-59(51)54/h3-39H,1-2H3. The summed E-state index contributed by atoms with van der Waals surface area (Å²) in [6.07, 6.45) is 2.01. The van der Waals surface area contributed by atoms with Crippen LogP contribution in [0.2, 0.25) is 13.1 Å². The normalized spacial score (nSPS) is 12.7. The molecule has 0 bridgehead atoms. The molecule has 0 atom stereocenters. The molecule has 2 aromatic heterocycles. The fraction of sp³-hybridized carbons (Fsp3) is 0.0339. The zero-order valence-corrected chi connectivity index (χ0v) is 36.6. The zero-order chi connectivity index (χ0) is 42.8. The van der Waals surface area contributed by atoms with Crippen molar-refractivity contribution in [2.45, 2.75) is 13.1 Å². The molecule has 0 aliphatic carbocycles. The van der Waals surface area contributed by atoms with Gasteiger partial charge in [-0.05, 0) is 105 Å². The van der Waals surface area contributed by atoms with Gasteiger partial charge in [0.25, 0.3) is 0 Å². The molecule has 304 valence electrons. The van der Waals surface area contributed by atoms with Gasteiger partial charge in [-0.15, -0.1) is 0 Å². The largest absolute Gasteiger partial charge is 0.454 e. The Morgan fingerprint density at radius 1 is 0.406 bits per heavy atom. The van der Waals surface area contributed by atoms with E-state index in [2.05, 4.69) is 235 Å². The first kappa shape index (κ1) is 37.7. The lowest BCUT2D eigenvalue weighted by Gasteiger charge is -2.36. The molecule has 0 unspecified atom stereocenters. The van der Waals surface area contributed by atoms with Gasteiger partial charge in [0.2, 0.25) is 0 Å². The minimum Gasteiger partial charge on any atom is -0.454 e. The average molecular weight is 838 g/mol. The number of rotatable bonds is 8. The lowest BCUT2D eigenvalue weighted by Crippen LogP contribution is -2.56. The van der Waals surface area contributed by atoms with E-state index in [9.17, 15) is 0 Å². The molecule has 64 heavy (non-hydrogen) atoms. The van der Waals surface area contributed by atoms with E-state index in [1.54, 1.807) is 0 Å². The van der Waals surface area contributed by atoms with Gasteiger partial charge in [-0.2, -0.15) is 0 Å². The Balaban J connectivity index is 1.00. The number of pyridine rings is 1. The highest BCUT2D eigenvalue weighted by atomic mass is 28.3. The van der Waals surface area contributed by atoms with Crippen molar-refractivity contribution >= 4 is 85.3 Å². The second-order valence-corrected chi connectivity index (χ2v) is 21.4. The van der Waals surface area contributed by atoms with Crippen LogP contribution in [0, 0.1) is 0 Å². The minimum atomic E-state index is -2.30. The van der Waals surface area contributed by atoms with Crippen molar-refractivity contribution in [3.8, 4) is 33.5 Å². The van der Waals surface area contributed by atoms with E-state index in [0.29, 0.717) is 0 Å². The van der Waals surface area contributed by atoms with E-state index in [1.807, 2.05) is 12.3 Å². The number of benzene rings is 9. The number of furan rings is 1. The molecule has 9 aromatic carbocycles. The van der Waals surface area contributed by atoms with Gasteiger partial charge in [-0.25, -0.2) is 0 Å². The van der Waals surface area contributed by atoms with Gasteiger partial charge in [0.15, 0.2) is 5.58 Å². The van der Waals surface area contributed by atoms with Crippen molar-refractivity contribution in [3.63, 3.8) is 0 Å². The van der Waals surface area contributed by atoms with Crippen LogP contribution in [-0.2, 0) is 0 Å². The zero-order valence-electron chi connectivity index (χ0n) is 35.6. The molecule has 3 heterocycles. The van der Waals surface area contributed by atoms with Crippen molar-refractivity contribution < 1.29 is 4.42 Å². The molecule has 0 N–H and O–H groups in total. The second-order valence-electron chi connectivity index (χ2n) is 17.1. The molecule has 0 saturated carbocycles. The highest BCUT2D eigenvalue weighted by Crippen LogP contribution is 2.47. The first-order valence-corrected chi connectivity index (χ1v) is 25.0. The number of hydrogen-bond acceptors (Lipinski definition) is 4. The quantitative estimate of drug-likeness (QED) is 0.143. The molecular weight excluding hydrogens is 795 g/mol. The molecular formula is C59H43N3OSi. The number of hydrogen-bond donors (Lipinski definition) is 0. The summed E-state index contributed by atoms with van der Waals surface area (Å²) < 4.78 is 6.76. The Kier molecular flexibility index (Phi) is 8.92. The van der Waals surface area contributed by atoms with Gasteiger partial charge in [-0.1, -0.05) is 165 Å². The summed E-state index contributed by atoms with van der Waals surface area (Å²) in [6.45, 7) is 5.02. The van der Waals surface area contributed by atoms with Gasteiger partial charge in [0, 0.05) is 39.0 Å². The first-order chi connectivity index (χ1) is 31.5.